The molecule has 0 saturated heterocycles. The lowest BCUT2D eigenvalue weighted by Crippen LogP contribution is -2.53. The Bertz CT molecular complexity index is 491. The molecule has 0 aromatic heterocycles. The van der Waals surface area contributed by atoms with Crippen LogP contribution in [0.3, 0.4) is 0 Å². The van der Waals surface area contributed by atoms with Crippen LogP contribution in [-0.4, -0.2) is 54.3 Å². The first-order valence-corrected chi connectivity index (χ1v) is 11.3. The Labute approximate surface area is 174 Å². The Balaban J connectivity index is 5.06. The van der Waals surface area contributed by atoms with Crippen LogP contribution >= 0.6 is 11.8 Å². The first-order chi connectivity index (χ1) is 13.0. The lowest BCUT2D eigenvalue weighted by molar-refractivity contribution is -0.148. The van der Waals surface area contributed by atoms with Crippen LogP contribution < -0.4 is 10.6 Å². The fourth-order valence-corrected chi connectivity index (χ4v) is 2.80. The van der Waals surface area contributed by atoms with E-state index in [1.807, 2.05) is 27.0 Å². The van der Waals surface area contributed by atoms with Gasteiger partial charge in [0.15, 0.2) is 0 Å². The van der Waals surface area contributed by atoms with Crippen LogP contribution in [-0.2, 0) is 19.1 Å². The molecule has 28 heavy (non-hydrogen) atoms. The van der Waals surface area contributed by atoms with Crippen molar-refractivity contribution in [2.45, 2.75) is 84.9 Å². The second-order valence-electron chi connectivity index (χ2n) is 8.19. The summed E-state index contributed by atoms with van der Waals surface area (Å²) in [6.45, 7) is 11.6. The molecular formula is C20H38N2O5S. The third-order valence-corrected chi connectivity index (χ3v) is 4.31. The number of ether oxygens (including phenoxy) is 2. The lowest BCUT2D eigenvalue weighted by Gasteiger charge is -2.25. The van der Waals surface area contributed by atoms with Gasteiger partial charge in [-0.3, -0.25) is 4.79 Å². The molecular weight excluding hydrogens is 380 g/mol. The predicted molar refractivity (Wildman–Crippen MR) is 113 cm³/mol. The number of carbonyl (C=O) groups excluding carboxylic acids is 3. The van der Waals surface area contributed by atoms with E-state index < -0.39 is 35.7 Å². The van der Waals surface area contributed by atoms with E-state index in [4.69, 9.17) is 9.47 Å². The minimum Gasteiger partial charge on any atom is -0.464 e. The second kappa shape index (κ2) is 13.7. The van der Waals surface area contributed by atoms with Crippen molar-refractivity contribution >= 4 is 29.7 Å². The number of thioether (sulfide) groups is 1. The molecule has 0 aliphatic heterocycles. The van der Waals surface area contributed by atoms with Crippen LogP contribution in [0.15, 0.2) is 0 Å². The van der Waals surface area contributed by atoms with Crippen molar-refractivity contribution in [3.8, 4) is 0 Å². The fraction of sp³-hybridized carbons (Fsp3) is 0.850. The number of alkyl carbamates (subject to hydrolysis) is 1. The summed E-state index contributed by atoms with van der Waals surface area (Å²) in [6, 6.07) is -1.51. The molecule has 8 heteroatoms. The van der Waals surface area contributed by atoms with Crippen molar-refractivity contribution in [3.63, 3.8) is 0 Å². The highest BCUT2D eigenvalue weighted by atomic mass is 32.2. The molecule has 0 unspecified atom stereocenters. The highest BCUT2D eigenvalue weighted by Gasteiger charge is 2.29. The van der Waals surface area contributed by atoms with Gasteiger partial charge in [0.2, 0.25) is 5.91 Å². The summed E-state index contributed by atoms with van der Waals surface area (Å²) >= 11 is 1.57. The smallest absolute Gasteiger partial charge is 0.408 e. The van der Waals surface area contributed by atoms with Crippen molar-refractivity contribution in [1.29, 1.82) is 0 Å². The van der Waals surface area contributed by atoms with Crippen LogP contribution in [0.5, 0.6) is 0 Å². The maximum atomic E-state index is 12.8. The molecule has 0 aromatic carbocycles. The molecule has 2 atom stereocenters. The Morgan fingerprint density at radius 1 is 1.07 bits per heavy atom. The molecule has 2 N–H and O–H groups in total. The second-order valence-corrected chi connectivity index (χ2v) is 9.18. The number of carbonyl (C=O) groups is 3. The molecule has 7 nitrogen and oxygen atoms in total. The third kappa shape index (κ3) is 12.9. The minimum absolute atomic E-state index is 0.201. The summed E-state index contributed by atoms with van der Waals surface area (Å²) < 4.78 is 10.5. The summed E-state index contributed by atoms with van der Waals surface area (Å²) in [4.78, 5) is 37.3. The zero-order valence-corrected chi connectivity index (χ0v) is 19.2. The average Bonchev–Trinajstić information content (AvgIpc) is 2.55. The molecule has 164 valence electrons. The maximum Gasteiger partial charge on any atom is 0.408 e. The highest BCUT2D eigenvalue weighted by Crippen LogP contribution is 2.11. The van der Waals surface area contributed by atoms with Gasteiger partial charge in [-0.15, -0.1) is 0 Å². The average molecular weight is 419 g/mol. The van der Waals surface area contributed by atoms with Gasteiger partial charge in [-0.2, -0.15) is 11.8 Å². The molecule has 0 spiro atoms. The Morgan fingerprint density at radius 2 is 1.71 bits per heavy atom. The van der Waals surface area contributed by atoms with Crippen molar-refractivity contribution in [1.82, 2.24) is 10.6 Å². The molecule has 0 radical (unpaired) electrons. The van der Waals surface area contributed by atoms with Gasteiger partial charge in [-0.25, -0.2) is 9.59 Å². The quantitative estimate of drug-likeness (QED) is 0.372. The zero-order chi connectivity index (χ0) is 21.7. The van der Waals surface area contributed by atoms with E-state index in [0.29, 0.717) is 25.2 Å². The Morgan fingerprint density at radius 3 is 2.21 bits per heavy atom. The molecule has 0 saturated carbocycles. The van der Waals surface area contributed by atoms with E-state index in [-0.39, 0.29) is 5.92 Å². The maximum absolute atomic E-state index is 12.8. The highest BCUT2D eigenvalue weighted by molar-refractivity contribution is 7.98. The molecule has 0 bridgehead atoms. The predicted octanol–water partition coefficient (Wildman–Crippen LogP) is 3.51. The Kier molecular flexibility index (Phi) is 13.0. The lowest BCUT2D eigenvalue weighted by atomic mass is 10.0. The number of esters is 1. The van der Waals surface area contributed by atoms with E-state index in [0.717, 1.165) is 12.8 Å². The summed E-state index contributed by atoms with van der Waals surface area (Å²) in [5, 5.41) is 5.38. The molecule has 0 aliphatic rings. The SMILES string of the molecule is CCCCOC(=O)[C@H](CC(C)C)NC(=O)[C@H](CCSC)NC(=O)OC(C)(C)C. The molecule has 0 aliphatic carbocycles. The van der Waals surface area contributed by atoms with E-state index in [1.165, 1.54) is 0 Å². The van der Waals surface area contributed by atoms with Gasteiger partial charge in [0.25, 0.3) is 0 Å². The normalized spacial score (nSPS) is 13.6. The van der Waals surface area contributed by atoms with E-state index in [2.05, 4.69) is 10.6 Å². The number of unbranched alkanes of at least 4 members (excludes halogenated alkanes) is 1. The van der Waals surface area contributed by atoms with Crippen LogP contribution in [0.2, 0.25) is 0 Å². The Hall–Kier alpha value is -1.44. The van der Waals surface area contributed by atoms with Crippen molar-refractivity contribution in [2.75, 3.05) is 18.6 Å². The van der Waals surface area contributed by atoms with Crippen LogP contribution in [0.25, 0.3) is 0 Å². The van der Waals surface area contributed by atoms with Gasteiger partial charge >= 0.3 is 12.1 Å². The zero-order valence-electron chi connectivity index (χ0n) is 18.4. The van der Waals surface area contributed by atoms with Crippen molar-refractivity contribution in [3.05, 3.63) is 0 Å². The standard InChI is InChI=1S/C20H38N2O5S/c1-8-9-11-26-18(24)16(13-14(2)3)21-17(23)15(10-12-28-7)22-19(25)27-20(4,5)6/h14-16H,8-13H2,1-7H3,(H,21,23)(H,22,25)/t15-,16-/m0/s1. The number of nitrogens with one attached hydrogen (secondary N) is 2. The largest absolute Gasteiger partial charge is 0.464 e. The molecule has 0 heterocycles. The summed E-state index contributed by atoms with van der Waals surface area (Å²) in [7, 11) is 0. The topological polar surface area (TPSA) is 93.7 Å². The van der Waals surface area contributed by atoms with Gasteiger partial charge in [0.1, 0.15) is 17.7 Å². The van der Waals surface area contributed by atoms with Crippen molar-refractivity contribution < 1.29 is 23.9 Å². The monoisotopic (exact) mass is 418 g/mol. The van der Waals surface area contributed by atoms with Gasteiger partial charge in [-0.1, -0.05) is 27.2 Å². The van der Waals surface area contributed by atoms with Crippen molar-refractivity contribution in [2.24, 2.45) is 5.92 Å². The number of hydrogen-bond acceptors (Lipinski definition) is 6. The van der Waals surface area contributed by atoms with Gasteiger partial charge in [-0.05, 0) is 58.0 Å². The number of rotatable bonds is 12. The molecule has 0 aromatic rings. The van der Waals surface area contributed by atoms with Crippen LogP contribution in [0.1, 0.15) is 67.2 Å². The first-order valence-electron chi connectivity index (χ1n) is 9.95. The fourth-order valence-electron chi connectivity index (χ4n) is 2.33. The van der Waals surface area contributed by atoms with E-state index in [1.54, 1.807) is 32.5 Å². The van der Waals surface area contributed by atoms with Gasteiger partial charge in [0, 0.05) is 0 Å². The van der Waals surface area contributed by atoms with Gasteiger partial charge < -0.3 is 20.1 Å². The molecule has 0 fully saturated rings. The number of hydrogen-bond donors (Lipinski definition) is 2. The van der Waals surface area contributed by atoms with E-state index in [9.17, 15) is 14.4 Å². The summed E-state index contributed by atoms with van der Waals surface area (Å²) in [5.41, 5.74) is -0.659. The third-order valence-electron chi connectivity index (χ3n) is 3.67. The minimum atomic E-state index is -0.777. The molecule has 2 amide bonds. The molecule has 0 rings (SSSR count). The number of amides is 2. The summed E-state index contributed by atoms with van der Waals surface area (Å²) in [6.07, 6.45) is 3.88. The van der Waals surface area contributed by atoms with E-state index >= 15 is 0 Å². The van der Waals surface area contributed by atoms with Crippen LogP contribution in [0.4, 0.5) is 4.79 Å². The van der Waals surface area contributed by atoms with Gasteiger partial charge in [0.05, 0.1) is 6.61 Å². The summed E-state index contributed by atoms with van der Waals surface area (Å²) in [5.74, 6) is 0.0470. The first kappa shape index (κ1) is 26.6. The van der Waals surface area contributed by atoms with Crippen LogP contribution in [0, 0.1) is 5.92 Å².